The Hall–Kier alpha value is -3.23. The summed E-state index contributed by atoms with van der Waals surface area (Å²) < 4.78 is 76.1. The van der Waals surface area contributed by atoms with Crippen LogP contribution in [-0.2, 0) is 26.8 Å². The predicted octanol–water partition coefficient (Wildman–Crippen LogP) is 3.63. The van der Waals surface area contributed by atoms with Gasteiger partial charge in [0.1, 0.15) is 0 Å². The number of oxazole rings is 1. The van der Waals surface area contributed by atoms with Gasteiger partial charge < -0.3 is 19.5 Å². The zero-order valence-corrected chi connectivity index (χ0v) is 22.1. The Balaban J connectivity index is 0.00000400. The second-order valence-corrected chi connectivity index (χ2v) is 11.8. The van der Waals surface area contributed by atoms with Crippen molar-refractivity contribution in [2.75, 3.05) is 23.0 Å². The first-order valence-electron chi connectivity index (χ1n) is 11.9. The maximum atomic E-state index is 11.0. The molecule has 0 saturated carbocycles. The summed E-state index contributed by atoms with van der Waals surface area (Å²) in [5, 5.41) is 0. The van der Waals surface area contributed by atoms with Gasteiger partial charge in [-0.1, -0.05) is 24.3 Å². The van der Waals surface area contributed by atoms with Crippen LogP contribution < -0.4 is 14.2 Å². The lowest BCUT2D eigenvalue weighted by molar-refractivity contribution is -0.678. The van der Waals surface area contributed by atoms with Crippen LogP contribution in [-0.4, -0.2) is 49.5 Å². The fraction of sp³-hybridized carbons (Fsp3) is 0.320. The monoisotopic (exact) mass is 566 g/mol. The van der Waals surface area contributed by atoms with Crippen LogP contribution in [0.2, 0.25) is 0 Å². The minimum Gasteiger partial charge on any atom is -0.870 e. The van der Waals surface area contributed by atoms with Crippen molar-refractivity contribution in [1.82, 2.24) is 0 Å². The highest BCUT2D eigenvalue weighted by molar-refractivity contribution is 7.86. The van der Waals surface area contributed by atoms with Gasteiger partial charge in [-0.05, 0) is 49.6 Å². The standard InChI is InChI=1S/C25H28N2O8S2.H2O/c28-36(29,30)18-7-5-16-26-20-10-1-3-12-22(20)34-24(26)14-9-15-25-27(17-6-8-19-37(31,32)33)21-11-2-4-13-23(21)35-25;/h1-4,9-15H,5-8,16-19H2,(H-,28,29,30,31,32,33);1H2. The molecule has 4 rings (SSSR count). The lowest BCUT2D eigenvalue weighted by Gasteiger charge is -2.17. The number of aryl methyl sites for hydroxylation is 1. The first kappa shape index (κ1) is 29.3. The number of rotatable bonds is 12. The van der Waals surface area contributed by atoms with E-state index in [4.69, 9.17) is 18.3 Å². The molecular formula is C25H30N2O9S2. The van der Waals surface area contributed by atoms with Gasteiger partial charge in [0.15, 0.2) is 12.3 Å². The minimum atomic E-state index is -4.00. The molecule has 11 nitrogen and oxygen atoms in total. The van der Waals surface area contributed by atoms with Crippen LogP contribution in [0.3, 0.4) is 0 Å². The van der Waals surface area contributed by atoms with Crippen molar-refractivity contribution in [3.63, 3.8) is 0 Å². The molecule has 1 aliphatic heterocycles. The lowest BCUT2D eigenvalue weighted by Crippen LogP contribution is -2.35. The van der Waals surface area contributed by atoms with E-state index in [1.165, 1.54) is 0 Å². The first-order valence-corrected chi connectivity index (χ1v) is 15.1. The number of unbranched alkanes of at least 4 members (excludes halogenated alkanes) is 2. The van der Waals surface area contributed by atoms with Gasteiger partial charge in [-0.3, -0.25) is 9.11 Å². The van der Waals surface area contributed by atoms with Crippen molar-refractivity contribution in [3.8, 4) is 5.75 Å². The van der Waals surface area contributed by atoms with Crippen LogP contribution in [0.1, 0.15) is 31.6 Å². The molecule has 13 heteroatoms. The second kappa shape index (κ2) is 12.5. The van der Waals surface area contributed by atoms with Crippen molar-refractivity contribution in [1.29, 1.82) is 0 Å². The Labute approximate surface area is 221 Å². The quantitative estimate of drug-likeness (QED) is 0.188. The Morgan fingerprint density at radius 2 is 1.53 bits per heavy atom. The van der Waals surface area contributed by atoms with Gasteiger partial charge >= 0.3 is 5.89 Å². The summed E-state index contributed by atoms with van der Waals surface area (Å²) in [4.78, 5) is 1.95. The summed E-state index contributed by atoms with van der Waals surface area (Å²) in [7, 11) is -8.00. The highest BCUT2D eigenvalue weighted by Gasteiger charge is 2.25. The van der Waals surface area contributed by atoms with Crippen LogP contribution >= 0.6 is 0 Å². The number of nitrogens with zero attached hydrogens (tertiary/aromatic N) is 2. The summed E-state index contributed by atoms with van der Waals surface area (Å²) in [6.07, 6.45) is 7.07. The van der Waals surface area contributed by atoms with Gasteiger partial charge in [-0.15, -0.1) is 0 Å². The van der Waals surface area contributed by atoms with E-state index in [9.17, 15) is 16.8 Å². The molecule has 1 aliphatic rings. The normalized spacial score (nSPS) is 14.7. The van der Waals surface area contributed by atoms with Crippen LogP contribution in [0, 0.1) is 0 Å². The van der Waals surface area contributed by atoms with Gasteiger partial charge in [0.05, 0.1) is 23.3 Å². The molecule has 3 aromatic rings. The number of aromatic nitrogens is 1. The third-order valence-corrected chi connectivity index (χ3v) is 7.43. The molecule has 2 aromatic carbocycles. The molecule has 0 unspecified atom stereocenters. The zero-order valence-electron chi connectivity index (χ0n) is 20.5. The van der Waals surface area contributed by atoms with E-state index < -0.39 is 20.2 Å². The number of para-hydroxylation sites is 4. The molecule has 1 aromatic heterocycles. The predicted molar refractivity (Wildman–Crippen MR) is 141 cm³/mol. The fourth-order valence-corrected chi connectivity index (χ4v) is 5.27. The Bertz CT molecular complexity index is 1530. The second-order valence-electron chi connectivity index (χ2n) is 8.63. The Morgan fingerprint density at radius 3 is 2.26 bits per heavy atom. The van der Waals surface area contributed by atoms with Crippen LogP contribution in [0.5, 0.6) is 5.75 Å². The highest BCUT2D eigenvalue weighted by Crippen LogP contribution is 2.38. The molecule has 0 saturated heterocycles. The third-order valence-electron chi connectivity index (χ3n) is 5.82. The van der Waals surface area contributed by atoms with Crippen molar-refractivity contribution in [2.45, 2.75) is 32.2 Å². The van der Waals surface area contributed by atoms with Gasteiger partial charge in [-0.25, -0.2) is 0 Å². The summed E-state index contributed by atoms with van der Waals surface area (Å²) in [6, 6.07) is 15.1. The number of fused-ring (bicyclic) bond motifs is 2. The van der Waals surface area contributed by atoms with Gasteiger partial charge in [0.2, 0.25) is 11.5 Å². The Kier molecular flexibility index (Phi) is 9.68. The van der Waals surface area contributed by atoms with Crippen molar-refractivity contribution in [2.24, 2.45) is 0 Å². The van der Waals surface area contributed by atoms with E-state index in [1.54, 1.807) is 18.2 Å². The first-order chi connectivity index (χ1) is 17.6. The van der Waals surface area contributed by atoms with Crippen LogP contribution in [0.25, 0.3) is 17.2 Å². The molecule has 0 amide bonds. The Morgan fingerprint density at radius 1 is 0.868 bits per heavy atom. The summed E-state index contributed by atoms with van der Waals surface area (Å²) in [6.45, 7) is 1.01. The molecular weight excluding hydrogens is 536 g/mol. The van der Waals surface area contributed by atoms with E-state index in [0.717, 1.165) is 11.2 Å². The fourth-order valence-electron chi connectivity index (χ4n) is 4.14. The van der Waals surface area contributed by atoms with E-state index in [-0.39, 0.29) is 17.0 Å². The number of allylic oxidation sites excluding steroid dienone is 2. The molecule has 0 radical (unpaired) electrons. The van der Waals surface area contributed by atoms with Gasteiger partial charge in [-0.2, -0.15) is 21.4 Å². The summed E-state index contributed by atoms with van der Waals surface area (Å²) in [5.41, 5.74) is 2.42. The van der Waals surface area contributed by atoms with Crippen LogP contribution in [0.4, 0.5) is 5.69 Å². The van der Waals surface area contributed by atoms with E-state index in [1.807, 2.05) is 58.0 Å². The number of hydrogen-bond acceptors (Lipinski definition) is 8. The van der Waals surface area contributed by atoms with Crippen molar-refractivity contribution < 1.29 is 45.1 Å². The summed E-state index contributed by atoms with van der Waals surface area (Å²) >= 11 is 0. The topological polar surface area (TPSA) is 168 Å². The molecule has 0 bridgehead atoms. The zero-order chi connectivity index (χ0) is 26.5. The SMILES string of the molecule is O=S(=O)(O)CCCCN1C(=CC=Cc2oc3ccccc3[n+]2CCCCS(=O)(=O)O)Oc2ccccc21.[OH-]. The largest absolute Gasteiger partial charge is 0.870 e. The third kappa shape index (κ3) is 7.88. The lowest BCUT2D eigenvalue weighted by atomic mass is 10.2. The maximum absolute atomic E-state index is 11.0. The van der Waals surface area contributed by atoms with Crippen molar-refractivity contribution in [3.05, 3.63) is 72.5 Å². The number of anilines is 1. The van der Waals surface area contributed by atoms with E-state index >= 15 is 0 Å². The van der Waals surface area contributed by atoms with Gasteiger partial charge in [0, 0.05) is 19.0 Å². The number of benzene rings is 2. The molecule has 0 aliphatic carbocycles. The van der Waals surface area contributed by atoms with E-state index in [2.05, 4.69) is 0 Å². The number of ether oxygens (including phenoxy) is 1. The van der Waals surface area contributed by atoms with E-state index in [0.29, 0.717) is 61.9 Å². The number of hydrogen-bond donors (Lipinski definition) is 2. The molecule has 2 heterocycles. The van der Waals surface area contributed by atoms with Crippen molar-refractivity contribution >= 4 is 43.1 Å². The molecule has 0 atom stereocenters. The highest BCUT2D eigenvalue weighted by atomic mass is 32.2. The molecule has 3 N–H and O–H groups in total. The maximum Gasteiger partial charge on any atom is 0.374 e. The summed E-state index contributed by atoms with van der Waals surface area (Å²) in [5.74, 6) is 1.24. The smallest absolute Gasteiger partial charge is 0.374 e. The average Bonchev–Trinajstić information content (AvgIpc) is 3.36. The molecule has 38 heavy (non-hydrogen) atoms. The molecule has 0 fully saturated rings. The van der Waals surface area contributed by atoms with Gasteiger partial charge in [0.25, 0.3) is 25.8 Å². The average molecular weight is 567 g/mol. The van der Waals surface area contributed by atoms with Crippen LogP contribution in [0.15, 0.2) is 71.0 Å². The molecule has 0 spiro atoms. The molecule has 206 valence electrons. The minimum absolute atomic E-state index is 0.